The molecule has 1 heterocycles. The molecule has 0 aliphatic heterocycles. The van der Waals surface area contributed by atoms with Gasteiger partial charge in [0.15, 0.2) is 0 Å². The van der Waals surface area contributed by atoms with E-state index in [4.69, 9.17) is 5.73 Å². The maximum atomic E-state index is 12.0. The molecule has 1 aliphatic rings. The Morgan fingerprint density at radius 1 is 1.23 bits per heavy atom. The Kier molecular flexibility index (Phi) is 3.62. The number of aromatic nitrogens is 1. The summed E-state index contributed by atoms with van der Waals surface area (Å²) in [6.07, 6.45) is 1.86. The number of hydrogen-bond donors (Lipinski definition) is 2. The molecule has 1 aliphatic carbocycles. The van der Waals surface area contributed by atoms with Crippen molar-refractivity contribution in [1.82, 2.24) is 4.98 Å². The summed E-state index contributed by atoms with van der Waals surface area (Å²) in [5.74, 6) is 0.109. The molecule has 2 aromatic carbocycles. The third kappa shape index (κ3) is 2.40. The fraction of sp³-hybridized carbons (Fsp3) is 0.273. The fourth-order valence-corrected chi connectivity index (χ4v) is 4.21. The molecule has 3 aromatic rings. The van der Waals surface area contributed by atoms with Gasteiger partial charge in [0.25, 0.3) is 5.56 Å². The molecule has 3 N–H and O–H groups in total. The van der Waals surface area contributed by atoms with Crippen LogP contribution in [0.15, 0.2) is 47.3 Å². The lowest BCUT2D eigenvalue weighted by Crippen LogP contribution is -2.27. The highest BCUT2D eigenvalue weighted by atomic mass is 16.1. The highest BCUT2D eigenvalue weighted by Gasteiger charge is 2.41. The van der Waals surface area contributed by atoms with Crippen LogP contribution in [0.2, 0.25) is 0 Å². The number of fused-ring (bicyclic) bond motifs is 2. The Morgan fingerprint density at radius 2 is 2.04 bits per heavy atom. The van der Waals surface area contributed by atoms with Gasteiger partial charge in [0, 0.05) is 22.7 Å². The maximum absolute atomic E-state index is 12.0. The van der Waals surface area contributed by atoms with Crippen molar-refractivity contribution in [2.24, 2.45) is 0 Å². The summed E-state index contributed by atoms with van der Waals surface area (Å²) in [5.41, 5.74) is 10.8. The largest absolute Gasteiger partial charge is 0.399 e. The first-order valence-corrected chi connectivity index (χ1v) is 8.86. The van der Waals surface area contributed by atoms with Crippen molar-refractivity contribution < 1.29 is 0 Å². The molecule has 4 nitrogen and oxygen atoms in total. The number of benzene rings is 2. The van der Waals surface area contributed by atoms with E-state index in [-0.39, 0.29) is 11.5 Å². The molecule has 0 saturated heterocycles. The molecule has 0 amide bonds. The van der Waals surface area contributed by atoms with Gasteiger partial charge in [-0.05, 0) is 73.0 Å². The van der Waals surface area contributed by atoms with Gasteiger partial charge in [-0.3, -0.25) is 4.79 Å². The molecule has 1 unspecified atom stereocenters. The van der Waals surface area contributed by atoms with E-state index < -0.39 is 5.41 Å². The van der Waals surface area contributed by atoms with Crippen molar-refractivity contribution in [3.63, 3.8) is 0 Å². The lowest BCUT2D eigenvalue weighted by Gasteiger charge is -2.30. The first kappa shape index (κ1) is 16.4. The standard InChI is InChI=1S/C22H21N3O/c1-13-9-15-3-5-16(11-20(15)25-21(13)26)22(2,12-23)19-8-4-14-10-17(24)6-7-18(14)19/h3,5-7,9-11,19H,4,8,24H2,1-2H3,(H,25,26)/t19-,22?/m0/s1. The van der Waals surface area contributed by atoms with E-state index in [2.05, 4.69) is 17.1 Å². The number of H-pyrrole nitrogens is 1. The molecule has 4 rings (SSSR count). The quantitative estimate of drug-likeness (QED) is 0.692. The first-order valence-electron chi connectivity index (χ1n) is 8.86. The van der Waals surface area contributed by atoms with Crippen LogP contribution < -0.4 is 11.3 Å². The van der Waals surface area contributed by atoms with E-state index in [9.17, 15) is 10.1 Å². The van der Waals surface area contributed by atoms with Gasteiger partial charge in [0.2, 0.25) is 0 Å². The predicted octanol–water partition coefficient (Wildman–Crippen LogP) is 3.93. The molecular formula is C22H21N3O. The number of anilines is 1. The Balaban J connectivity index is 1.85. The zero-order valence-electron chi connectivity index (χ0n) is 15.0. The number of hydrogen-bond acceptors (Lipinski definition) is 3. The lowest BCUT2D eigenvalue weighted by molar-refractivity contribution is 0.470. The minimum absolute atomic E-state index is 0.0880. The van der Waals surface area contributed by atoms with Crippen molar-refractivity contribution in [2.75, 3.05) is 5.73 Å². The van der Waals surface area contributed by atoms with Gasteiger partial charge >= 0.3 is 0 Å². The molecule has 0 bridgehead atoms. The number of aryl methyl sites for hydroxylation is 2. The van der Waals surface area contributed by atoms with Crippen LogP contribution in [0.5, 0.6) is 0 Å². The SMILES string of the molecule is Cc1cc2ccc(C(C)(C#N)[C@H]3CCc4cc(N)ccc43)cc2[nH]c1=O. The molecular weight excluding hydrogens is 322 g/mol. The molecule has 1 aromatic heterocycles. The first-order chi connectivity index (χ1) is 12.4. The number of nitrogens with two attached hydrogens (primary N) is 1. The van der Waals surface area contributed by atoms with Crippen molar-refractivity contribution >= 4 is 16.6 Å². The summed E-state index contributed by atoms with van der Waals surface area (Å²) in [6, 6.07) is 16.4. The van der Waals surface area contributed by atoms with Crippen LogP contribution >= 0.6 is 0 Å². The van der Waals surface area contributed by atoms with Crippen LogP contribution in [0.1, 0.15) is 41.5 Å². The highest BCUT2D eigenvalue weighted by molar-refractivity contribution is 5.80. The van der Waals surface area contributed by atoms with Crippen molar-refractivity contribution in [3.8, 4) is 6.07 Å². The average molecular weight is 343 g/mol. The van der Waals surface area contributed by atoms with E-state index in [1.54, 1.807) is 6.92 Å². The van der Waals surface area contributed by atoms with Gasteiger partial charge in [0.1, 0.15) is 0 Å². The second-order valence-electron chi connectivity index (χ2n) is 7.45. The zero-order chi connectivity index (χ0) is 18.5. The smallest absolute Gasteiger partial charge is 0.251 e. The summed E-state index contributed by atoms with van der Waals surface area (Å²) in [4.78, 5) is 14.9. The predicted molar refractivity (Wildman–Crippen MR) is 104 cm³/mol. The summed E-state index contributed by atoms with van der Waals surface area (Å²) in [5, 5.41) is 11.1. The third-order valence-electron chi connectivity index (χ3n) is 5.81. The van der Waals surface area contributed by atoms with Crippen LogP contribution in [-0.4, -0.2) is 4.98 Å². The Hall–Kier alpha value is -3.06. The number of pyridine rings is 1. The maximum Gasteiger partial charge on any atom is 0.251 e. The molecule has 26 heavy (non-hydrogen) atoms. The van der Waals surface area contributed by atoms with E-state index >= 15 is 0 Å². The second kappa shape index (κ2) is 5.74. The average Bonchev–Trinajstić information content (AvgIpc) is 3.05. The molecule has 0 spiro atoms. The van der Waals surface area contributed by atoms with Gasteiger partial charge in [-0.25, -0.2) is 0 Å². The third-order valence-corrected chi connectivity index (χ3v) is 5.81. The molecule has 4 heteroatoms. The Morgan fingerprint density at radius 3 is 2.81 bits per heavy atom. The molecule has 0 fully saturated rings. The van der Waals surface area contributed by atoms with Gasteiger partial charge in [-0.15, -0.1) is 0 Å². The van der Waals surface area contributed by atoms with Crippen LogP contribution in [-0.2, 0) is 11.8 Å². The van der Waals surface area contributed by atoms with Crippen molar-refractivity contribution in [3.05, 3.63) is 75.1 Å². The molecule has 0 saturated carbocycles. The number of nitriles is 1. The molecule has 2 atom stereocenters. The number of nitrogen functional groups attached to an aromatic ring is 1. The summed E-state index contributed by atoms with van der Waals surface area (Å²) in [6.45, 7) is 3.79. The number of rotatable bonds is 2. The second-order valence-corrected chi connectivity index (χ2v) is 7.45. The van der Waals surface area contributed by atoms with Gasteiger partial charge < -0.3 is 10.7 Å². The molecule has 130 valence electrons. The van der Waals surface area contributed by atoms with Crippen LogP contribution in [0.3, 0.4) is 0 Å². The summed E-state index contributed by atoms with van der Waals surface area (Å²) in [7, 11) is 0. The number of nitrogens with zero attached hydrogens (tertiary/aromatic N) is 1. The van der Waals surface area contributed by atoms with Crippen molar-refractivity contribution in [1.29, 1.82) is 5.26 Å². The number of nitrogens with one attached hydrogen (secondary N) is 1. The lowest BCUT2D eigenvalue weighted by atomic mass is 9.70. The van der Waals surface area contributed by atoms with Gasteiger partial charge in [0.05, 0.1) is 11.5 Å². The topological polar surface area (TPSA) is 82.7 Å². The van der Waals surface area contributed by atoms with Crippen LogP contribution in [0, 0.1) is 18.3 Å². The van der Waals surface area contributed by atoms with Crippen molar-refractivity contribution in [2.45, 2.75) is 38.0 Å². The van der Waals surface area contributed by atoms with Crippen LogP contribution in [0.4, 0.5) is 5.69 Å². The van der Waals surface area contributed by atoms with E-state index in [1.807, 2.05) is 43.3 Å². The van der Waals surface area contributed by atoms with E-state index in [0.717, 1.165) is 35.0 Å². The minimum Gasteiger partial charge on any atom is -0.399 e. The Bertz CT molecular complexity index is 1120. The van der Waals surface area contributed by atoms with Gasteiger partial charge in [-0.2, -0.15) is 5.26 Å². The summed E-state index contributed by atoms with van der Waals surface area (Å²) < 4.78 is 0. The molecule has 0 radical (unpaired) electrons. The zero-order valence-corrected chi connectivity index (χ0v) is 15.0. The van der Waals surface area contributed by atoms with Gasteiger partial charge in [-0.1, -0.05) is 18.2 Å². The van der Waals surface area contributed by atoms with E-state index in [0.29, 0.717) is 5.56 Å². The minimum atomic E-state index is -0.669. The Labute approximate surface area is 152 Å². The normalized spacial score (nSPS) is 18.3. The highest BCUT2D eigenvalue weighted by Crippen LogP contribution is 2.47. The van der Waals surface area contributed by atoms with E-state index in [1.165, 1.54) is 11.1 Å². The number of aromatic amines is 1. The van der Waals surface area contributed by atoms with Crippen LogP contribution in [0.25, 0.3) is 10.9 Å². The monoisotopic (exact) mass is 343 g/mol. The fourth-order valence-electron chi connectivity index (χ4n) is 4.21. The summed E-state index contributed by atoms with van der Waals surface area (Å²) >= 11 is 0.